The minimum Gasteiger partial charge on any atom is -0.395 e. The monoisotopic (exact) mass is 190 g/mol. The smallest absolute Gasteiger partial charge is 0.219 e. The minimum absolute atomic E-state index is 0.00588. The normalized spacial score (nSPS) is 10.5. The van der Waals surface area contributed by atoms with Crippen LogP contribution in [0, 0.1) is 0 Å². The molecule has 1 amide bonds. The molecular formula is C8H18N2O3. The van der Waals surface area contributed by atoms with E-state index in [1.54, 1.807) is 7.05 Å². The maximum atomic E-state index is 10.8. The molecule has 0 saturated heterocycles. The summed E-state index contributed by atoms with van der Waals surface area (Å²) in [6, 6.07) is -0.273. The minimum atomic E-state index is -0.273. The molecule has 0 aromatic carbocycles. The highest BCUT2D eigenvalue weighted by Crippen LogP contribution is 1.88. The lowest BCUT2D eigenvalue weighted by Gasteiger charge is -2.12. The van der Waals surface area contributed by atoms with E-state index in [4.69, 9.17) is 10.2 Å². The molecule has 5 heteroatoms. The fourth-order valence-corrected chi connectivity index (χ4v) is 0.867. The average Bonchev–Trinajstić information content (AvgIpc) is 2.18. The van der Waals surface area contributed by atoms with Crippen LogP contribution in [0.25, 0.3) is 0 Å². The Balaban J connectivity index is 3.28. The van der Waals surface area contributed by atoms with Crippen LogP contribution >= 0.6 is 0 Å². The quantitative estimate of drug-likeness (QED) is 0.367. The number of rotatable bonds is 7. The first-order chi connectivity index (χ1) is 6.24. The summed E-state index contributed by atoms with van der Waals surface area (Å²) in [7, 11) is 1.60. The van der Waals surface area contributed by atoms with Crippen molar-refractivity contribution in [2.45, 2.75) is 18.9 Å². The van der Waals surface area contributed by atoms with Crippen LogP contribution in [-0.2, 0) is 4.79 Å². The number of carbonyl (C=O) groups is 1. The van der Waals surface area contributed by atoms with Gasteiger partial charge in [-0.3, -0.25) is 4.79 Å². The summed E-state index contributed by atoms with van der Waals surface area (Å²) in [6.45, 7) is 0.451. The van der Waals surface area contributed by atoms with Gasteiger partial charge in [-0.15, -0.1) is 0 Å². The second-order valence-electron chi connectivity index (χ2n) is 2.79. The largest absolute Gasteiger partial charge is 0.395 e. The van der Waals surface area contributed by atoms with Gasteiger partial charge in [0.2, 0.25) is 5.91 Å². The molecule has 0 radical (unpaired) electrons. The van der Waals surface area contributed by atoms with Gasteiger partial charge < -0.3 is 20.8 Å². The van der Waals surface area contributed by atoms with E-state index in [-0.39, 0.29) is 25.2 Å². The number of hydrogen-bond acceptors (Lipinski definition) is 4. The van der Waals surface area contributed by atoms with E-state index in [0.29, 0.717) is 19.4 Å². The summed E-state index contributed by atoms with van der Waals surface area (Å²) in [5.74, 6) is 0.00588. The van der Waals surface area contributed by atoms with Crippen LogP contribution in [0.5, 0.6) is 0 Å². The van der Waals surface area contributed by atoms with E-state index in [2.05, 4.69) is 10.6 Å². The maximum Gasteiger partial charge on any atom is 0.219 e. The number of nitrogens with one attached hydrogen (secondary N) is 2. The molecule has 0 bridgehead atoms. The SMILES string of the molecule is CNC(=O)CCCNC(CO)CO. The molecule has 0 saturated carbocycles. The number of carbonyl (C=O) groups excluding carboxylic acids is 1. The molecule has 0 aliphatic heterocycles. The van der Waals surface area contributed by atoms with E-state index in [1.165, 1.54) is 0 Å². The van der Waals surface area contributed by atoms with Gasteiger partial charge in [0.25, 0.3) is 0 Å². The van der Waals surface area contributed by atoms with Crippen molar-refractivity contribution in [1.29, 1.82) is 0 Å². The molecule has 0 rings (SSSR count). The average molecular weight is 190 g/mol. The van der Waals surface area contributed by atoms with Crippen molar-refractivity contribution in [2.75, 3.05) is 26.8 Å². The number of aliphatic hydroxyl groups is 2. The lowest BCUT2D eigenvalue weighted by Crippen LogP contribution is -2.36. The predicted molar refractivity (Wildman–Crippen MR) is 49.3 cm³/mol. The fourth-order valence-electron chi connectivity index (χ4n) is 0.867. The Morgan fingerprint density at radius 3 is 2.46 bits per heavy atom. The van der Waals surface area contributed by atoms with Crippen LogP contribution in [0.3, 0.4) is 0 Å². The molecule has 0 aliphatic carbocycles. The highest BCUT2D eigenvalue weighted by molar-refractivity contribution is 5.75. The summed E-state index contributed by atoms with van der Waals surface area (Å²) >= 11 is 0. The third-order valence-corrected chi connectivity index (χ3v) is 1.73. The van der Waals surface area contributed by atoms with Gasteiger partial charge in [-0.1, -0.05) is 0 Å². The molecular weight excluding hydrogens is 172 g/mol. The predicted octanol–water partition coefficient (Wildman–Crippen LogP) is -1.54. The molecule has 0 aliphatic rings. The fraction of sp³-hybridized carbons (Fsp3) is 0.875. The van der Waals surface area contributed by atoms with Gasteiger partial charge in [0, 0.05) is 13.5 Å². The van der Waals surface area contributed by atoms with E-state index >= 15 is 0 Å². The van der Waals surface area contributed by atoms with Gasteiger partial charge >= 0.3 is 0 Å². The molecule has 0 fully saturated rings. The van der Waals surface area contributed by atoms with Crippen LogP contribution in [0.2, 0.25) is 0 Å². The van der Waals surface area contributed by atoms with E-state index < -0.39 is 0 Å². The first kappa shape index (κ1) is 12.3. The Bertz CT molecular complexity index is 137. The lowest BCUT2D eigenvalue weighted by molar-refractivity contribution is -0.120. The molecule has 0 aromatic rings. The number of amides is 1. The second kappa shape index (κ2) is 7.97. The van der Waals surface area contributed by atoms with Crippen molar-refractivity contribution >= 4 is 5.91 Å². The zero-order valence-electron chi connectivity index (χ0n) is 7.92. The molecule has 0 atom stereocenters. The summed E-state index contributed by atoms with van der Waals surface area (Å²) in [4.78, 5) is 10.8. The van der Waals surface area contributed by atoms with E-state index in [0.717, 1.165) is 0 Å². The van der Waals surface area contributed by atoms with Gasteiger partial charge in [-0.2, -0.15) is 0 Å². The van der Waals surface area contributed by atoms with Gasteiger partial charge in [0.05, 0.1) is 19.3 Å². The Hall–Kier alpha value is -0.650. The van der Waals surface area contributed by atoms with E-state index in [9.17, 15) is 4.79 Å². The number of hydrogen-bond donors (Lipinski definition) is 4. The van der Waals surface area contributed by atoms with Crippen molar-refractivity contribution in [1.82, 2.24) is 10.6 Å². The molecule has 78 valence electrons. The Kier molecular flexibility index (Phi) is 7.57. The van der Waals surface area contributed by atoms with Gasteiger partial charge in [0.1, 0.15) is 0 Å². The Morgan fingerprint density at radius 1 is 1.38 bits per heavy atom. The van der Waals surface area contributed by atoms with Crippen molar-refractivity contribution in [3.8, 4) is 0 Å². The van der Waals surface area contributed by atoms with Crippen LogP contribution in [-0.4, -0.2) is 49.0 Å². The summed E-state index contributed by atoms with van der Waals surface area (Å²) in [6.07, 6.45) is 1.17. The van der Waals surface area contributed by atoms with Crippen LogP contribution in [0.1, 0.15) is 12.8 Å². The molecule has 0 unspecified atom stereocenters. The molecule has 13 heavy (non-hydrogen) atoms. The second-order valence-corrected chi connectivity index (χ2v) is 2.79. The summed E-state index contributed by atoms with van der Waals surface area (Å²) < 4.78 is 0. The molecule has 0 aromatic heterocycles. The number of aliphatic hydroxyl groups excluding tert-OH is 2. The van der Waals surface area contributed by atoms with E-state index in [1.807, 2.05) is 0 Å². The third kappa shape index (κ3) is 6.51. The highest BCUT2D eigenvalue weighted by atomic mass is 16.3. The van der Waals surface area contributed by atoms with Crippen molar-refractivity contribution < 1.29 is 15.0 Å². The molecule has 4 N–H and O–H groups in total. The zero-order valence-corrected chi connectivity index (χ0v) is 7.92. The van der Waals surface area contributed by atoms with Gasteiger partial charge in [-0.25, -0.2) is 0 Å². The zero-order chi connectivity index (χ0) is 10.1. The van der Waals surface area contributed by atoms with Crippen molar-refractivity contribution in [3.05, 3.63) is 0 Å². The lowest BCUT2D eigenvalue weighted by atomic mass is 10.2. The van der Waals surface area contributed by atoms with Gasteiger partial charge in [0.15, 0.2) is 0 Å². The van der Waals surface area contributed by atoms with Crippen molar-refractivity contribution in [2.24, 2.45) is 0 Å². The Labute approximate surface area is 78.1 Å². The molecule has 0 heterocycles. The van der Waals surface area contributed by atoms with Gasteiger partial charge in [-0.05, 0) is 13.0 Å². The summed E-state index contributed by atoms with van der Waals surface area (Å²) in [5, 5.41) is 22.8. The van der Waals surface area contributed by atoms with Crippen molar-refractivity contribution in [3.63, 3.8) is 0 Å². The molecule has 5 nitrogen and oxygen atoms in total. The highest BCUT2D eigenvalue weighted by Gasteiger charge is 2.03. The first-order valence-electron chi connectivity index (χ1n) is 4.40. The van der Waals surface area contributed by atoms with Crippen LogP contribution in [0.15, 0.2) is 0 Å². The summed E-state index contributed by atoms with van der Waals surface area (Å²) in [5.41, 5.74) is 0. The third-order valence-electron chi connectivity index (χ3n) is 1.73. The maximum absolute atomic E-state index is 10.8. The topological polar surface area (TPSA) is 81.6 Å². The molecule has 0 spiro atoms. The Morgan fingerprint density at radius 2 is 2.00 bits per heavy atom. The first-order valence-corrected chi connectivity index (χ1v) is 4.40. The van der Waals surface area contributed by atoms with Crippen LogP contribution in [0.4, 0.5) is 0 Å². The standard InChI is InChI=1S/C8H18N2O3/c1-9-8(13)3-2-4-10-7(5-11)6-12/h7,10-12H,2-6H2,1H3,(H,9,13). The van der Waals surface area contributed by atoms with Crippen LogP contribution < -0.4 is 10.6 Å².